The number of piperidine rings is 1. The van der Waals surface area contributed by atoms with E-state index in [2.05, 4.69) is 25.0 Å². The number of hydrogen-bond donors (Lipinski definition) is 2. The Morgan fingerprint density at radius 3 is 2.44 bits per heavy atom. The first-order valence-electron chi connectivity index (χ1n) is 12.0. The topological polar surface area (TPSA) is 100 Å². The number of nitrogens with one attached hydrogen (secondary N) is 1. The number of carbonyl (C=O) groups excluding carboxylic acids is 1. The van der Waals surface area contributed by atoms with E-state index in [1.165, 1.54) is 18.9 Å². The van der Waals surface area contributed by atoms with Crippen molar-refractivity contribution in [3.05, 3.63) is 47.3 Å². The van der Waals surface area contributed by atoms with Gasteiger partial charge in [-0.25, -0.2) is 9.18 Å². The van der Waals surface area contributed by atoms with Gasteiger partial charge in [0, 0.05) is 26.1 Å². The number of nitrogens with zero attached hydrogens (tertiary/aromatic N) is 4. The van der Waals surface area contributed by atoms with Gasteiger partial charge in [-0.2, -0.15) is 13.2 Å². The predicted molar refractivity (Wildman–Crippen MR) is 120 cm³/mol. The third-order valence-electron chi connectivity index (χ3n) is 7.11. The van der Waals surface area contributed by atoms with Gasteiger partial charge in [0.2, 0.25) is 5.82 Å². The predicted octanol–water partition coefficient (Wildman–Crippen LogP) is 3.42. The standard InChI is InChI=1S/C22H28FN5O.C2HF3O2/c23-18-3-1-2-17(12-18)14-27-10-8-22(9-11-27)7-6-19-25-26-20(28(19)15-22)21(29)24-13-16-4-5-16;3-2(4,5)1(6)7/h1-3,12,16H,4-11,13-15H2,(H,24,29);(H,6,7). The number of aliphatic carboxylic acids is 1. The minimum absolute atomic E-state index is 0.0868. The first-order chi connectivity index (χ1) is 17.0. The zero-order valence-corrected chi connectivity index (χ0v) is 19.7. The van der Waals surface area contributed by atoms with Crippen LogP contribution in [0.15, 0.2) is 24.3 Å². The lowest BCUT2D eigenvalue weighted by molar-refractivity contribution is -0.192. The number of alkyl halides is 3. The first-order valence-corrected chi connectivity index (χ1v) is 12.0. The molecular weight excluding hydrogens is 482 g/mol. The van der Waals surface area contributed by atoms with Crippen molar-refractivity contribution >= 4 is 11.9 Å². The largest absolute Gasteiger partial charge is 0.490 e. The molecule has 3 aliphatic rings. The van der Waals surface area contributed by atoms with Crippen LogP contribution in [0.4, 0.5) is 17.6 Å². The van der Waals surface area contributed by atoms with Crippen LogP contribution in [0.3, 0.4) is 0 Å². The number of amides is 1. The molecule has 0 radical (unpaired) electrons. The summed E-state index contributed by atoms with van der Waals surface area (Å²) in [7, 11) is 0. The fraction of sp³-hybridized carbons (Fsp3) is 0.583. The quantitative estimate of drug-likeness (QED) is 0.597. The molecule has 2 N–H and O–H groups in total. The van der Waals surface area contributed by atoms with Crippen LogP contribution < -0.4 is 5.32 Å². The average molecular weight is 512 g/mol. The molecule has 1 aromatic heterocycles. The molecular formula is C24H29F4N5O3. The van der Waals surface area contributed by atoms with Crippen LogP contribution in [0, 0.1) is 17.2 Å². The zero-order valence-electron chi connectivity index (χ0n) is 19.7. The Labute approximate surface area is 205 Å². The summed E-state index contributed by atoms with van der Waals surface area (Å²) in [5, 5.41) is 18.6. The monoisotopic (exact) mass is 511 g/mol. The molecule has 1 amide bonds. The maximum Gasteiger partial charge on any atom is 0.490 e. The molecule has 1 aromatic carbocycles. The molecule has 1 saturated carbocycles. The Morgan fingerprint density at radius 1 is 1.14 bits per heavy atom. The minimum atomic E-state index is -5.08. The number of hydrogen-bond acceptors (Lipinski definition) is 5. The second-order valence-corrected chi connectivity index (χ2v) is 9.89. The van der Waals surface area contributed by atoms with Gasteiger partial charge in [-0.1, -0.05) is 12.1 Å². The van der Waals surface area contributed by atoms with E-state index in [1.54, 1.807) is 12.1 Å². The number of carboxylic acids is 1. The number of aromatic nitrogens is 3. The maximum atomic E-state index is 13.5. The van der Waals surface area contributed by atoms with Crippen LogP contribution >= 0.6 is 0 Å². The maximum absolute atomic E-state index is 13.5. The molecule has 0 bridgehead atoms. The highest BCUT2D eigenvalue weighted by atomic mass is 19.4. The molecule has 8 nitrogen and oxygen atoms in total. The lowest BCUT2D eigenvalue weighted by Crippen LogP contribution is -2.44. The molecule has 2 aromatic rings. The van der Waals surface area contributed by atoms with Gasteiger partial charge in [0.1, 0.15) is 11.6 Å². The van der Waals surface area contributed by atoms with Gasteiger partial charge in [-0.05, 0) is 74.2 Å². The number of rotatable bonds is 5. The number of aryl methyl sites for hydroxylation is 1. The first kappa shape index (κ1) is 26.1. The van der Waals surface area contributed by atoms with Gasteiger partial charge in [0.25, 0.3) is 5.91 Å². The molecule has 12 heteroatoms. The summed E-state index contributed by atoms with van der Waals surface area (Å²) in [4.78, 5) is 23.9. The van der Waals surface area contributed by atoms with Crippen molar-refractivity contribution < 1.29 is 32.3 Å². The summed E-state index contributed by atoms with van der Waals surface area (Å²) in [6.07, 6.45) is 1.50. The summed E-state index contributed by atoms with van der Waals surface area (Å²) in [5.74, 6) is -0.951. The molecule has 1 spiro atoms. The van der Waals surface area contributed by atoms with Crippen LogP contribution in [0.1, 0.15) is 54.1 Å². The molecule has 5 rings (SSSR count). The third-order valence-corrected chi connectivity index (χ3v) is 7.11. The third kappa shape index (κ3) is 6.59. The summed E-state index contributed by atoms with van der Waals surface area (Å²) < 4.78 is 47.3. The smallest absolute Gasteiger partial charge is 0.475 e. The van der Waals surface area contributed by atoms with Gasteiger partial charge in [-0.15, -0.1) is 10.2 Å². The highest BCUT2D eigenvalue weighted by molar-refractivity contribution is 5.90. The van der Waals surface area contributed by atoms with Gasteiger partial charge in [0.15, 0.2) is 0 Å². The van der Waals surface area contributed by atoms with E-state index in [4.69, 9.17) is 9.90 Å². The molecule has 2 fully saturated rings. The number of carboxylic acid groups (broad SMARTS) is 1. The molecule has 0 atom stereocenters. The Bertz CT molecular complexity index is 1090. The molecule has 196 valence electrons. The lowest BCUT2D eigenvalue weighted by atomic mass is 9.73. The van der Waals surface area contributed by atoms with Crippen molar-refractivity contribution in [2.45, 2.75) is 57.8 Å². The van der Waals surface area contributed by atoms with Crippen molar-refractivity contribution in [3.8, 4) is 0 Å². The van der Waals surface area contributed by atoms with Gasteiger partial charge >= 0.3 is 12.1 Å². The van der Waals surface area contributed by atoms with Crippen molar-refractivity contribution in [2.24, 2.45) is 11.3 Å². The van der Waals surface area contributed by atoms with E-state index < -0.39 is 12.1 Å². The van der Waals surface area contributed by atoms with E-state index in [-0.39, 0.29) is 17.1 Å². The fourth-order valence-electron chi connectivity index (χ4n) is 4.77. The van der Waals surface area contributed by atoms with Crippen LogP contribution in [-0.2, 0) is 24.3 Å². The molecule has 0 unspecified atom stereocenters. The van der Waals surface area contributed by atoms with Crippen LogP contribution in [0.2, 0.25) is 0 Å². The van der Waals surface area contributed by atoms with Gasteiger partial charge < -0.3 is 15.0 Å². The SMILES string of the molecule is O=C(NCC1CC1)c1nnc2n1CC1(CC2)CCN(Cc2cccc(F)c2)CC1.O=C(O)C(F)(F)F. The molecule has 36 heavy (non-hydrogen) atoms. The van der Waals surface area contributed by atoms with Crippen LogP contribution in [0.25, 0.3) is 0 Å². The average Bonchev–Trinajstić information content (AvgIpc) is 3.57. The molecule has 1 saturated heterocycles. The van der Waals surface area contributed by atoms with Crippen LogP contribution in [0.5, 0.6) is 0 Å². The van der Waals surface area contributed by atoms with Gasteiger partial charge in [-0.3, -0.25) is 9.69 Å². The summed E-state index contributed by atoms with van der Waals surface area (Å²) >= 11 is 0. The number of fused-ring (bicyclic) bond motifs is 1. The van der Waals surface area contributed by atoms with E-state index in [9.17, 15) is 22.4 Å². The minimum Gasteiger partial charge on any atom is -0.475 e. The molecule has 2 aliphatic heterocycles. The normalized spacial score (nSPS) is 19.2. The molecule has 1 aliphatic carbocycles. The lowest BCUT2D eigenvalue weighted by Gasteiger charge is -2.44. The van der Waals surface area contributed by atoms with Crippen LogP contribution in [-0.4, -0.2) is 62.5 Å². The highest BCUT2D eigenvalue weighted by Crippen LogP contribution is 2.41. The Hall–Kier alpha value is -3.02. The summed E-state index contributed by atoms with van der Waals surface area (Å²) in [5.41, 5.74) is 1.24. The molecule has 3 heterocycles. The van der Waals surface area contributed by atoms with E-state index in [0.29, 0.717) is 11.7 Å². The Kier molecular flexibility index (Phi) is 7.62. The summed E-state index contributed by atoms with van der Waals surface area (Å²) in [6.45, 7) is 4.37. The van der Waals surface area contributed by atoms with E-state index >= 15 is 0 Å². The number of benzene rings is 1. The summed E-state index contributed by atoms with van der Waals surface area (Å²) in [6, 6.07) is 6.89. The second-order valence-electron chi connectivity index (χ2n) is 9.89. The van der Waals surface area contributed by atoms with E-state index in [0.717, 1.165) is 69.8 Å². The fourth-order valence-corrected chi connectivity index (χ4v) is 4.77. The Balaban J connectivity index is 0.000000384. The van der Waals surface area contributed by atoms with Gasteiger partial charge in [0.05, 0.1) is 0 Å². The number of halogens is 4. The van der Waals surface area contributed by atoms with E-state index in [1.807, 2.05) is 6.07 Å². The number of likely N-dealkylation sites (tertiary alicyclic amines) is 1. The number of carbonyl (C=O) groups is 2. The van der Waals surface area contributed by atoms with Crippen molar-refractivity contribution in [2.75, 3.05) is 19.6 Å². The second kappa shape index (κ2) is 10.5. The highest BCUT2D eigenvalue weighted by Gasteiger charge is 2.40. The van der Waals surface area contributed by atoms with Crippen molar-refractivity contribution in [3.63, 3.8) is 0 Å². The Morgan fingerprint density at radius 2 is 1.83 bits per heavy atom. The zero-order chi connectivity index (χ0) is 25.9. The van der Waals surface area contributed by atoms with Crippen molar-refractivity contribution in [1.29, 1.82) is 0 Å². The van der Waals surface area contributed by atoms with Crippen molar-refractivity contribution in [1.82, 2.24) is 25.0 Å².